The van der Waals surface area contributed by atoms with E-state index < -0.39 is 6.03 Å². The minimum Gasteiger partial charge on any atom is -0.331 e. The molecule has 2 amide bonds. The highest BCUT2D eigenvalue weighted by molar-refractivity contribution is 5.91. The van der Waals surface area contributed by atoms with Gasteiger partial charge >= 0.3 is 6.03 Å². The number of hydrogen-bond acceptors (Lipinski definition) is 4. The summed E-state index contributed by atoms with van der Waals surface area (Å²) in [7, 11) is 0. The van der Waals surface area contributed by atoms with E-state index in [4.69, 9.17) is 0 Å². The van der Waals surface area contributed by atoms with Crippen molar-refractivity contribution < 1.29 is 9.18 Å². The molecule has 0 fully saturated rings. The molecular formula is C21H19FN6O. The van der Waals surface area contributed by atoms with Crippen LogP contribution in [-0.4, -0.2) is 25.8 Å². The molecule has 0 saturated heterocycles. The van der Waals surface area contributed by atoms with Crippen molar-refractivity contribution in [3.63, 3.8) is 0 Å². The monoisotopic (exact) mass is 390 g/mol. The van der Waals surface area contributed by atoms with Crippen LogP contribution in [0.3, 0.4) is 0 Å². The molecule has 3 aromatic heterocycles. The van der Waals surface area contributed by atoms with E-state index in [0.29, 0.717) is 5.82 Å². The zero-order valence-electron chi connectivity index (χ0n) is 15.9. The third-order valence-electron chi connectivity index (χ3n) is 4.54. The Morgan fingerprint density at radius 2 is 1.90 bits per heavy atom. The molecule has 7 nitrogen and oxygen atoms in total. The number of pyridine rings is 2. The Morgan fingerprint density at radius 1 is 1.10 bits per heavy atom. The molecule has 8 heteroatoms. The molecular weight excluding hydrogens is 371 g/mol. The van der Waals surface area contributed by atoms with Gasteiger partial charge in [-0.25, -0.2) is 18.9 Å². The number of urea groups is 1. The number of fused-ring (bicyclic) bond motifs is 1. The van der Waals surface area contributed by atoms with Gasteiger partial charge in [0.05, 0.1) is 29.6 Å². The summed E-state index contributed by atoms with van der Waals surface area (Å²) < 4.78 is 14.8. The fraction of sp³-hybridized carbons (Fsp3) is 0.143. The van der Waals surface area contributed by atoms with Gasteiger partial charge in [0.25, 0.3) is 0 Å². The van der Waals surface area contributed by atoms with Crippen molar-refractivity contribution >= 4 is 22.8 Å². The maximum absolute atomic E-state index is 13.0. The number of nitrogens with zero attached hydrogens (tertiary/aromatic N) is 4. The van der Waals surface area contributed by atoms with E-state index >= 15 is 0 Å². The average Bonchev–Trinajstić information content (AvgIpc) is 3.11. The molecule has 0 aliphatic carbocycles. The van der Waals surface area contributed by atoms with Gasteiger partial charge in [-0.1, -0.05) is 12.1 Å². The number of hydrogen-bond donors (Lipinski definition) is 2. The van der Waals surface area contributed by atoms with Crippen molar-refractivity contribution in [2.45, 2.75) is 19.9 Å². The van der Waals surface area contributed by atoms with E-state index in [-0.39, 0.29) is 11.9 Å². The highest BCUT2D eigenvalue weighted by atomic mass is 19.1. The summed E-state index contributed by atoms with van der Waals surface area (Å²) in [5, 5.41) is 10.8. The van der Waals surface area contributed by atoms with E-state index in [1.165, 1.54) is 12.1 Å². The number of benzene rings is 1. The maximum atomic E-state index is 13.0. The third-order valence-corrected chi connectivity index (χ3v) is 4.54. The number of aryl methyl sites for hydroxylation is 1. The summed E-state index contributed by atoms with van der Waals surface area (Å²) in [5.74, 6) is 0.0946. The Bertz CT molecular complexity index is 1170. The first kappa shape index (κ1) is 18.5. The summed E-state index contributed by atoms with van der Waals surface area (Å²) >= 11 is 0. The lowest BCUT2D eigenvalue weighted by Gasteiger charge is -2.15. The highest BCUT2D eigenvalue weighted by Crippen LogP contribution is 2.20. The number of rotatable bonds is 4. The zero-order valence-corrected chi connectivity index (χ0v) is 15.9. The Hall–Kier alpha value is -3.81. The van der Waals surface area contributed by atoms with E-state index in [2.05, 4.69) is 25.7 Å². The molecule has 0 bridgehead atoms. The Balaban J connectivity index is 1.48. The standard InChI is InChI=1S/C21H19FN6O/c1-13-9-18(7-8-23-13)28-19-12-24-20(10-16(19)11-25-28)27-21(29)26-14(2)15-3-5-17(22)6-4-15/h3-12,14H,1-2H3,(H2,24,26,27,29). The van der Waals surface area contributed by atoms with Crippen LogP contribution < -0.4 is 10.6 Å². The first-order chi connectivity index (χ1) is 14.0. The number of halogens is 1. The van der Waals surface area contributed by atoms with Crippen LogP contribution in [0.5, 0.6) is 0 Å². The van der Waals surface area contributed by atoms with Gasteiger partial charge in [-0.05, 0) is 49.7 Å². The maximum Gasteiger partial charge on any atom is 0.320 e. The van der Waals surface area contributed by atoms with Crippen LogP contribution in [0.15, 0.2) is 61.1 Å². The van der Waals surface area contributed by atoms with Gasteiger partial charge in [0, 0.05) is 17.3 Å². The zero-order chi connectivity index (χ0) is 20.4. The number of carbonyl (C=O) groups is 1. The molecule has 146 valence electrons. The highest BCUT2D eigenvalue weighted by Gasteiger charge is 2.12. The molecule has 4 aromatic rings. The lowest BCUT2D eigenvalue weighted by atomic mass is 10.1. The predicted octanol–water partition coefficient (Wildman–Crippen LogP) is 4.15. The van der Waals surface area contributed by atoms with Crippen LogP contribution in [0, 0.1) is 12.7 Å². The van der Waals surface area contributed by atoms with Gasteiger partial charge < -0.3 is 5.32 Å². The topological polar surface area (TPSA) is 84.7 Å². The second-order valence-electron chi connectivity index (χ2n) is 6.71. The SMILES string of the molecule is Cc1cc(-n2ncc3cc(NC(=O)NC(C)c4ccc(F)cc4)ncc32)ccn1. The number of nitrogens with one attached hydrogen (secondary N) is 2. The molecule has 0 aliphatic rings. The number of carbonyl (C=O) groups excluding carboxylic acids is 1. The van der Waals surface area contributed by atoms with E-state index in [0.717, 1.165) is 27.8 Å². The summed E-state index contributed by atoms with van der Waals surface area (Å²) in [4.78, 5) is 20.8. The summed E-state index contributed by atoms with van der Waals surface area (Å²) in [5.41, 5.74) is 3.41. The van der Waals surface area contributed by atoms with Crippen LogP contribution in [0.25, 0.3) is 16.6 Å². The van der Waals surface area contributed by atoms with Crippen LogP contribution in [0.2, 0.25) is 0 Å². The third kappa shape index (κ3) is 4.06. The van der Waals surface area contributed by atoms with Gasteiger partial charge in [-0.3, -0.25) is 10.3 Å². The summed E-state index contributed by atoms with van der Waals surface area (Å²) in [6.45, 7) is 3.74. The van der Waals surface area contributed by atoms with Crippen molar-refractivity contribution in [3.8, 4) is 5.69 Å². The molecule has 1 aromatic carbocycles. The Kier molecular flexibility index (Phi) is 4.90. The first-order valence-electron chi connectivity index (χ1n) is 9.09. The quantitative estimate of drug-likeness (QED) is 0.548. The van der Waals surface area contributed by atoms with Gasteiger partial charge in [0.2, 0.25) is 0 Å². The van der Waals surface area contributed by atoms with Crippen LogP contribution in [-0.2, 0) is 0 Å². The number of aromatic nitrogens is 4. The van der Waals surface area contributed by atoms with Crippen molar-refractivity contribution in [2.24, 2.45) is 0 Å². The first-order valence-corrected chi connectivity index (χ1v) is 9.09. The van der Waals surface area contributed by atoms with Crippen LogP contribution in [0.1, 0.15) is 24.2 Å². The van der Waals surface area contributed by atoms with Crippen molar-refractivity contribution in [1.29, 1.82) is 0 Å². The average molecular weight is 390 g/mol. The minimum absolute atomic E-state index is 0.281. The molecule has 0 spiro atoms. The lowest BCUT2D eigenvalue weighted by Crippen LogP contribution is -2.31. The molecule has 4 rings (SSSR count). The van der Waals surface area contributed by atoms with Gasteiger partial charge in [-0.15, -0.1) is 0 Å². The number of amides is 2. The fourth-order valence-corrected chi connectivity index (χ4v) is 3.05. The molecule has 2 N–H and O–H groups in total. The summed E-state index contributed by atoms with van der Waals surface area (Å²) in [6.07, 6.45) is 5.11. The molecule has 29 heavy (non-hydrogen) atoms. The van der Waals surface area contributed by atoms with Gasteiger partial charge in [0.15, 0.2) is 0 Å². The second-order valence-corrected chi connectivity index (χ2v) is 6.71. The Morgan fingerprint density at radius 3 is 2.66 bits per heavy atom. The van der Waals surface area contributed by atoms with Crippen molar-refractivity contribution in [1.82, 2.24) is 25.1 Å². The van der Waals surface area contributed by atoms with E-state index in [1.54, 1.807) is 41.5 Å². The van der Waals surface area contributed by atoms with Crippen LogP contribution >= 0.6 is 0 Å². The lowest BCUT2D eigenvalue weighted by molar-refractivity contribution is 0.249. The molecule has 3 heterocycles. The van der Waals surface area contributed by atoms with E-state index in [1.807, 2.05) is 26.0 Å². The fourth-order valence-electron chi connectivity index (χ4n) is 3.05. The van der Waals surface area contributed by atoms with Crippen LogP contribution in [0.4, 0.5) is 15.0 Å². The number of anilines is 1. The minimum atomic E-state index is -0.397. The molecule has 1 atom stereocenters. The Labute approximate surface area is 166 Å². The predicted molar refractivity (Wildman–Crippen MR) is 108 cm³/mol. The molecule has 0 radical (unpaired) electrons. The molecule has 1 unspecified atom stereocenters. The molecule has 0 saturated carbocycles. The largest absolute Gasteiger partial charge is 0.331 e. The van der Waals surface area contributed by atoms with Gasteiger partial charge in [-0.2, -0.15) is 5.10 Å². The van der Waals surface area contributed by atoms with Gasteiger partial charge in [0.1, 0.15) is 11.6 Å². The summed E-state index contributed by atoms with van der Waals surface area (Å²) in [6, 6.07) is 10.9. The smallest absolute Gasteiger partial charge is 0.320 e. The molecule has 0 aliphatic heterocycles. The van der Waals surface area contributed by atoms with Crippen molar-refractivity contribution in [3.05, 3.63) is 78.1 Å². The normalized spacial score (nSPS) is 12.0. The van der Waals surface area contributed by atoms with E-state index in [9.17, 15) is 9.18 Å². The van der Waals surface area contributed by atoms with Crippen molar-refractivity contribution in [2.75, 3.05) is 5.32 Å². The second kappa shape index (κ2) is 7.67.